The molecule has 4 nitrogen and oxygen atoms in total. The van der Waals surface area contributed by atoms with E-state index in [1.165, 1.54) is 0 Å². The van der Waals surface area contributed by atoms with Crippen molar-refractivity contribution in [2.75, 3.05) is 26.3 Å². The highest BCUT2D eigenvalue weighted by Crippen LogP contribution is 2.15. The number of nitrogens with one attached hydrogen (secondary N) is 2. The van der Waals surface area contributed by atoms with Gasteiger partial charge in [-0.05, 0) is 38.6 Å². The Labute approximate surface area is 111 Å². The van der Waals surface area contributed by atoms with Crippen LogP contribution in [0.25, 0.3) is 0 Å². The molecule has 0 spiro atoms. The maximum Gasteiger partial charge on any atom is 0.224 e. The minimum absolute atomic E-state index is 0.120. The second kappa shape index (κ2) is 8.48. The van der Waals surface area contributed by atoms with Crippen molar-refractivity contribution in [1.82, 2.24) is 10.6 Å². The summed E-state index contributed by atoms with van der Waals surface area (Å²) in [6, 6.07) is 0.292. The zero-order valence-electron chi connectivity index (χ0n) is 12.0. The molecular weight excluding hydrogens is 228 g/mol. The van der Waals surface area contributed by atoms with Gasteiger partial charge in [-0.15, -0.1) is 0 Å². The minimum Gasteiger partial charge on any atom is -0.380 e. The monoisotopic (exact) mass is 256 g/mol. The molecule has 0 bridgehead atoms. The normalized spacial score (nSPS) is 24.2. The van der Waals surface area contributed by atoms with Crippen LogP contribution in [0.5, 0.6) is 0 Å². The van der Waals surface area contributed by atoms with Crippen molar-refractivity contribution in [2.24, 2.45) is 11.8 Å². The first kappa shape index (κ1) is 15.4. The lowest BCUT2D eigenvalue weighted by atomic mass is 9.91. The van der Waals surface area contributed by atoms with Gasteiger partial charge in [0.2, 0.25) is 5.91 Å². The fourth-order valence-electron chi connectivity index (χ4n) is 2.20. The molecule has 2 atom stereocenters. The van der Waals surface area contributed by atoms with Crippen molar-refractivity contribution in [2.45, 2.75) is 46.1 Å². The third-order valence-electron chi connectivity index (χ3n) is 3.48. The van der Waals surface area contributed by atoms with Crippen molar-refractivity contribution in [3.8, 4) is 0 Å². The van der Waals surface area contributed by atoms with E-state index in [4.69, 9.17) is 4.74 Å². The summed E-state index contributed by atoms with van der Waals surface area (Å²) >= 11 is 0. The Kier molecular flexibility index (Phi) is 7.28. The van der Waals surface area contributed by atoms with Crippen LogP contribution in [0.4, 0.5) is 0 Å². The summed E-state index contributed by atoms with van der Waals surface area (Å²) < 4.78 is 5.48. The third-order valence-corrected chi connectivity index (χ3v) is 3.48. The van der Waals surface area contributed by atoms with Gasteiger partial charge >= 0.3 is 0 Å². The maximum atomic E-state index is 11.9. The summed E-state index contributed by atoms with van der Waals surface area (Å²) in [4.78, 5) is 11.9. The second-order valence-corrected chi connectivity index (χ2v) is 5.58. The number of ether oxygens (including phenoxy) is 1. The summed E-state index contributed by atoms with van der Waals surface area (Å²) in [5.74, 6) is 0.963. The highest BCUT2D eigenvalue weighted by Gasteiger charge is 2.26. The van der Waals surface area contributed by atoms with Crippen molar-refractivity contribution >= 4 is 5.91 Å². The molecule has 2 unspecified atom stereocenters. The van der Waals surface area contributed by atoms with Crippen LogP contribution in [0, 0.1) is 11.8 Å². The van der Waals surface area contributed by atoms with Crippen LogP contribution in [0.3, 0.4) is 0 Å². The number of amides is 1. The van der Waals surface area contributed by atoms with E-state index in [9.17, 15) is 4.79 Å². The van der Waals surface area contributed by atoms with E-state index >= 15 is 0 Å². The molecule has 1 fully saturated rings. The number of hydrogen-bond acceptors (Lipinski definition) is 3. The number of carbonyl (C=O) groups is 1. The number of piperidine rings is 1. The van der Waals surface area contributed by atoms with E-state index in [0.29, 0.717) is 25.1 Å². The summed E-state index contributed by atoms with van der Waals surface area (Å²) in [6.45, 7) is 9.51. The van der Waals surface area contributed by atoms with E-state index in [-0.39, 0.29) is 11.8 Å². The van der Waals surface area contributed by atoms with Crippen LogP contribution in [-0.2, 0) is 9.53 Å². The van der Waals surface area contributed by atoms with Gasteiger partial charge in [-0.3, -0.25) is 4.79 Å². The molecule has 1 saturated heterocycles. The molecule has 1 amide bonds. The van der Waals surface area contributed by atoms with Gasteiger partial charge in [0.25, 0.3) is 0 Å². The molecule has 2 N–H and O–H groups in total. The lowest BCUT2D eigenvalue weighted by Gasteiger charge is -2.28. The highest BCUT2D eigenvalue weighted by atomic mass is 16.5. The zero-order chi connectivity index (χ0) is 13.4. The van der Waals surface area contributed by atoms with Gasteiger partial charge in [0.1, 0.15) is 0 Å². The van der Waals surface area contributed by atoms with Crippen molar-refractivity contribution in [1.29, 1.82) is 0 Å². The highest BCUT2D eigenvalue weighted by molar-refractivity contribution is 5.79. The minimum atomic E-state index is 0.120. The van der Waals surface area contributed by atoms with Gasteiger partial charge in [-0.2, -0.15) is 0 Å². The van der Waals surface area contributed by atoms with Crippen LogP contribution in [0.15, 0.2) is 0 Å². The Morgan fingerprint density at radius 1 is 1.44 bits per heavy atom. The molecule has 0 aliphatic carbocycles. The van der Waals surface area contributed by atoms with E-state index in [1.54, 1.807) is 0 Å². The lowest BCUT2D eigenvalue weighted by molar-refractivity contribution is -0.126. The van der Waals surface area contributed by atoms with Gasteiger partial charge in [-0.25, -0.2) is 0 Å². The topological polar surface area (TPSA) is 50.4 Å². The smallest absolute Gasteiger partial charge is 0.224 e. The summed E-state index contributed by atoms with van der Waals surface area (Å²) in [5, 5.41) is 6.31. The summed E-state index contributed by atoms with van der Waals surface area (Å²) in [5.41, 5.74) is 0. The first-order chi connectivity index (χ1) is 8.61. The first-order valence-corrected chi connectivity index (χ1v) is 7.20. The fraction of sp³-hybridized carbons (Fsp3) is 0.929. The molecule has 106 valence electrons. The van der Waals surface area contributed by atoms with Gasteiger partial charge < -0.3 is 15.4 Å². The van der Waals surface area contributed by atoms with Crippen LogP contribution in [0.1, 0.15) is 40.0 Å². The largest absolute Gasteiger partial charge is 0.380 e. The van der Waals surface area contributed by atoms with Crippen molar-refractivity contribution in [3.05, 3.63) is 0 Å². The standard InChI is InChI=1S/C14H28N2O2/c1-11(2)6-9-18-10-8-16-14(17)13-5-4-7-15-12(13)3/h11-13,15H,4-10H2,1-3H3,(H,16,17). The SMILES string of the molecule is CC(C)CCOCCNC(=O)C1CCCNC1C. The van der Waals surface area contributed by atoms with Crippen molar-refractivity contribution < 1.29 is 9.53 Å². The summed E-state index contributed by atoms with van der Waals surface area (Å²) in [7, 11) is 0. The molecule has 18 heavy (non-hydrogen) atoms. The van der Waals surface area contributed by atoms with Crippen LogP contribution < -0.4 is 10.6 Å². The van der Waals surface area contributed by atoms with Crippen LogP contribution in [0.2, 0.25) is 0 Å². The molecule has 4 heteroatoms. The molecule has 1 aliphatic heterocycles. The van der Waals surface area contributed by atoms with E-state index in [0.717, 1.165) is 32.4 Å². The van der Waals surface area contributed by atoms with E-state index in [1.807, 2.05) is 0 Å². The Balaban J connectivity index is 2.06. The van der Waals surface area contributed by atoms with Gasteiger partial charge in [-0.1, -0.05) is 13.8 Å². The molecule has 1 rings (SSSR count). The van der Waals surface area contributed by atoms with E-state index < -0.39 is 0 Å². The molecule has 0 radical (unpaired) electrons. The Bertz CT molecular complexity index is 244. The molecular formula is C14H28N2O2. The second-order valence-electron chi connectivity index (χ2n) is 5.58. The predicted molar refractivity (Wildman–Crippen MR) is 73.5 cm³/mol. The average Bonchev–Trinajstić information content (AvgIpc) is 2.33. The molecule has 0 saturated carbocycles. The molecule has 1 aliphatic rings. The number of carbonyl (C=O) groups excluding carboxylic acids is 1. The van der Waals surface area contributed by atoms with Gasteiger partial charge in [0, 0.05) is 19.2 Å². The lowest BCUT2D eigenvalue weighted by Crippen LogP contribution is -2.47. The van der Waals surface area contributed by atoms with Crippen molar-refractivity contribution in [3.63, 3.8) is 0 Å². The maximum absolute atomic E-state index is 11.9. The first-order valence-electron chi connectivity index (χ1n) is 7.20. The molecule has 1 heterocycles. The Morgan fingerprint density at radius 2 is 2.22 bits per heavy atom. The Morgan fingerprint density at radius 3 is 2.89 bits per heavy atom. The van der Waals surface area contributed by atoms with E-state index in [2.05, 4.69) is 31.4 Å². The van der Waals surface area contributed by atoms with Crippen LogP contribution >= 0.6 is 0 Å². The summed E-state index contributed by atoms with van der Waals surface area (Å²) in [6.07, 6.45) is 3.17. The quantitative estimate of drug-likeness (QED) is 0.680. The van der Waals surface area contributed by atoms with Gasteiger partial charge in [0.15, 0.2) is 0 Å². The Hall–Kier alpha value is -0.610. The fourth-order valence-corrected chi connectivity index (χ4v) is 2.20. The molecule has 0 aromatic rings. The molecule has 0 aromatic heterocycles. The average molecular weight is 256 g/mol. The zero-order valence-corrected chi connectivity index (χ0v) is 12.0. The number of hydrogen-bond donors (Lipinski definition) is 2. The number of rotatable bonds is 7. The predicted octanol–water partition coefficient (Wildman–Crippen LogP) is 1.55. The molecule has 0 aromatic carbocycles. The third kappa shape index (κ3) is 5.83. The van der Waals surface area contributed by atoms with Gasteiger partial charge in [0.05, 0.1) is 12.5 Å². The van der Waals surface area contributed by atoms with Crippen LogP contribution in [-0.4, -0.2) is 38.3 Å².